The number of benzene rings is 1. The summed E-state index contributed by atoms with van der Waals surface area (Å²) in [5.41, 5.74) is -0.199. The third-order valence-corrected chi connectivity index (χ3v) is 2.04. The zero-order chi connectivity index (χ0) is 13.1. The molecule has 4 heteroatoms. The molecule has 1 rings (SSSR count). The van der Waals surface area contributed by atoms with Gasteiger partial charge in [0.1, 0.15) is 0 Å². The first kappa shape index (κ1) is 13.5. The average Bonchev–Trinajstić information content (AvgIpc) is 2.18. The Bertz CT molecular complexity index is 408. The molecule has 0 saturated heterocycles. The Kier molecular flexibility index (Phi) is 4.10. The molecule has 3 nitrogen and oxygen atoms in total. The van der Waals surface area contributed by atoms with Gasteiger partial charge in [-0.05, 0) is 17.5 Å². The fraction of sp³-hybridized carbons (Fsp3) is 0.462. The minimum atomic E-state index is -0.605. The second-order valence-corrected chi connectivity index (χ2v) is 4.98. The van der Waals surface area contributed by atoms with Crippen LogP contribution < -0.4 is 9.47 Å². The molecule has 0 aromatic heterocycles. The molecule has 0 heterocycles. The molecular formula is C13H17FO3. The molecule has 94 valence electrons. The van der Waals surface area contributed by atoms with Gasteiger partial charge in [0.15, 0.2) is 11.6 Å². The Balaban J connectivity index is 2.84. The Hall–Kier alpha value is -1.58. The Labute approximate surface area is 101 Å². The van der Waals surface area contributed by atoms with E-state index in [4.69, 9.17) is 9.47 Å². The number of hydrogen-bond donors (Lipinski definition) is 0. The Morgan fingerprint density at radius 2 is 2.00 bits per heavy atom. The molecule has 0 saturated carbocycles. The summed E-state index contributed by atoms with van der Waals surface area (Å²) in [6, 6.07) is 4.26. The maximum atomic E-state index is 13.5. The number of ether oxygens (including phenoxy) is 2. The van der Waals surface area contributed by atoms with Gasteiger partial charge in [-0.25, -0.2) is 4.39 Å². The lowest BCUT2D eigenvalue weighted by atomic mass is 9.92. The fourth-order valence-corrected chi connectivity index (χ4v) is 1.33. The van der Waals surface area contributed by atoms with Crippen molar-refractivity contribution in [3.05, 3.63) is 24.0 Å². The van der Waals surface area contributed by atoms with Gasteiger partial charge in [0, 0.05) is 0 Å². The van der Waals surface area contributed by atoms with Gasteiger partial charge in [0.05, 0.1) is 13.5 Å². The molecule has 0 bridgehead atoms. The Morgan fingerprint density at radius 1 is 1.35 bits per heavy atom. The number of esters is 1. The Morgan fingerprint density at radius 3 is 2.53 bits per heavy atom. The third kappa shape index (κ3) is 4.06. The van der Waals surface area contributed by atoms with Crippen molar-refractivity contribution in [1.29, 1.82) is 0 Å². The van der Waals surface area contributed by atoms with Crippen molar-refractivity contribution in [2.45, 2.75) is 27.2 Å². The maximum absolute atomic E-state index is 13.5. The second kappa shape index (κ2) is 5.17. The van der Waals surface area contributed by atoms with Crippen molar-refractivity contribution >= 4 is 5.97 Å². The number of halogens is 1. The largest absolute Gasteiger partial charge is 0.493 e. The van der Waals surface area contributed by atoms with Crippen molar-refractivity contribution < 1.29 is 18.7 Å². The lowest BCUT2D eigenvalue weighted by Crippen LogP contribution is -2.18. The smallest absolute Gasteiger partial charge is 0.311 e. The third-order valence-electron chi connectivity index (χ3n) is 2.04. The van der Waals surface area contributed by atoms with E-state index in [0.29, 0.717) is 0 Å². The van der Waals surface area contributed by atoms with E-state index in [-0.39, 0.29) is 23.3 Å². The molecule has 17 heavy (non-hydrogen) atoms. The zero-order valence-corrected chi connectivity index (χ0v) is 10.5. The first-order valence-electron chi connectivity index (χ1n) is 5.36. The highest BCUT2D eigenvalue weighted by atomic mass is 19.1. The van der Waals surface area contributed by atoms with Crippen LogP contribution in [0.4, 0.5) is 4.39 Å². The molecular weight excluding hydrogens is 223 g/mol. The minimum absolute atomic E-state index is 0.149. The number of carbonyl (C=O) groups is 1. The maximum Gasteiger partial charge on any atom is 0.311 e. The minimum Gasteiger partial charge on any atom is -0.493 e. The molecule has 0 fully saturated rings. The SMILES string of the molecule is COc1cccc(F)c1OC(=O)CC(C)(C)C. The highest BCUT2D eigenvalue weighted by molar-refractivity contribution is 5.74. The van der Waals surface area contributed by atoms with Gasteiger partial charge in [-0.15, -0.1) is 0 Å². The van der Waals surface area contributed by atoms with Crippen molar-refractivity contribution in [2.75, 3.05) is 7.11 Å². The van der Waals surface area contributed by atoms with Crippen LogP contribution in [0.3, 0.4) is 0 Å². The summed E-state index contributed by atoms with van der Waals surface area (Å²) < 4.78 is 23.4. The highest BCUT2D eigenvalue weighted by Crippen LogP contribution is 2.31. The molecule has 0 N–H and O–H groups in total. The van der Waals surface area contributed by atoms with Crippen LogP contribution >= 0.6 is 0 Å². The van der Waals surface area contributed by atoms with Gasteiger partial charge in [-0.3, -0.25) is 4.79 Å². The first-order valence-corrected chi connectivity index (χ1v) is 5.36. The van der Waals surface area contributed by atoms with Gasteiger partial charge in [0.2, 0.25) is 5.75 Å². The number of carbonyl (C=O) groups excluding carboxylic acids is 1. The standard InChI is InChI=1S/C13H17FO3/c1-13(2,3)8-11(15)17-12-9(14)6-5-7-10(12)16-4/h5-7H,8H2,1-4H3. The molecule has 0 spiro atoms. The topological polar surface area (TPSA) is 35.5 Å². The van der Waals surface area contributed by atoms with Crippen LogP contribution in [0.15, 0.2) is 18.2 Å². The number of hydrogen-bond acceptors (Lipinski definition) is 3. The molecule has 0 aliphatic rings. The van der Waals surface area contributed by atoms with E-state index < -0.39 is 11.8 Å². The molecule has 0 amide bonds. The first-order chi connectivity index (χ1) is 7.83. The number of rotatable bonds is 3. The lowest BCUT2D eigenvalue weighted by Gasteiger charge is -2.17. The number of para-hydroxylation sites is 1. The van der Waals surface area contributed by atoms with Crippen LogP contribution in [0.1, 0.15) is 27.2 Å². The molecule has 0 aliphatic heterocycles. The second-order valence-electron chi connectivity index (χ2n) is 4.98. The molecule has 0 aliphatic carbocycles. The molecule has 0 radical (unpaired) electrons. The van der Waals surface area contributed by atoms with E-state index in [1.165, 1.54) is 19.2 Å². The zero-order valence-electron chi connectivity index (χ0n) is 10.5. The summed E-state index contributed by atoms with van der Waals surface area (Å²) in [5.74, 6) is -1.01. The highest BCUT2D eigenvalue weighted by Gasteiger charge is 2.20. The van der Waals surface area contributed by atoms with Gasteiger partial charge < -0.3 is 9.47 Å². The average molecular weight is 240 g/mol. The van der Waals surface area contributed by atoms with E-state index in [0.717, 1.165) is 0 Å². The summed E-state index contributed by atoms with van der Waals surface area (Å²) in [7, 11) is 1.40. The number of methoxy groups -OCH3 is 1. The van der Waals surface area contributed by atoms with E-state index >= 15 is 0 Å². The summed E-state index contributed by atoms with van der Waals surface area (Å²) in [6.07, 6.45) is 0.213. The molecule has 0 atom stereocenters. The molecule has 1 aromatic rings. The lowest BCUT2D eigenvalue weighted by molar-refractivity contribution is -0.136. The van der Waals surface area contributed by atoms with Gasteiger partial charge in [-0.1, -0.05) is 26.8 Å². The van der Waals surface area contributed by atoms with E-state index in [9.17, 15) is 9.18 Å². The van der Waals surface area contributed by atoms with E-state index in [1.54, 1.807) is 6.07 Å². The van der Waals surface area contributed by atoms with Crippen molar-refractivity contribution in [2.24, 2.45) is 5.41 Å². The van der Waals surface area contributed by atoms with Crippen molar-refractivity contribution in [1.82, 2.24) is 0 Å². The van der Waals surface area contributed by atoms with E-state index in [2.05, 4.69) is 0 Å². The van der Waals surface area contributed by atoms with Crippen LogP contribution in [-0.4, -0.2) is 13.1 Å². The summed E-state index contributed by atoms with van der Waals surface area (Å²) >= 11 is 0. The monoisotopic (exact) mass is 240 g/mol. The van der Waals surface area contributed by atoms with Crippen LogP contribution in [0.2, 0.25) is 0 Å². The summed E-state index contributed by atoms with van der Waals surface area (Å²) in [6.45, 7) is 5.73. The van der Waals surface area contributed by atoms with Crippen molar-refractivity contribution in [3.8, 4) is 11.5 Å². The quantitative estimate of drug-likeness (QED) is 0.601. The summed E-state index contributed by atoms with van der Waals surface area (Å²) in [5, 5.41) is 0. The predicted molar refractivity (Wildman–Crippen MR) is 62.7 cm³/mol. The molecule has 1 aromatic carbocycles. The van der Waals surface area contributed by atoms with Crippen LogP contribution in [0.5, 0.6) is 11.5 Å². The normalized spacial score (nSPS) is 11.1. The fourth-order valence-electron chi connectivity index (χ4n) is 1.33. The summed E-state index contributed by atoms with van der Waals surface area (Å²) in [4.78, 5) is 11.6. The van der Waals surface area contributed by atoms with Gasteiger partial charge in [-0.2, -0.15) is 0 Å². The van der Waals surface area contributed by atoms with Crippen LogP contribution in [-0.2, 0) is 4.79 Å². The van der Waals surface area contributed by atoms with Gasteiger partial charge >= 0.3 is 5.97 Å². The van der Waals surface area contributed by atoms with Gasteiger partial charge in [0.25, 0.3) is 0 Å². The predicted octanol–water partition coefficient (Wildman–Crippen LogP) is 3.18. The molecule has 0 unspecified atom stereocenters. The van der Waals surface area contributed by atoms with Crippen LogP contribution in [0.25, 0.3) is 0 Å². The van der Waals surface area contributed by atoms with Crippen LogP contribution in [0, 0.1) is 11.2 Å². The van der Waals surface area contributed by atoms with E-state index in [1.807, 2.05) is 20.8 Å². The van der Waals surface area contributed by atoms with Crippen molar-refractivity contribution in [3.63, 3.8) is 0 Å².